The summed E-state index contributed by atoms with van der Waals surface area (Å²) in [6, 6.07) is 0. The van der Waals surface area contributed by atoms with Gasteiger partial charge in [0.05, 0.1) is 0 Å². The van der Waals surface area contributed by atoms with Crippen LogP contribution in [0.4, 0.5) is 0 Å². The van der Waals surface area contributed by atoms with Gasteiger partial charge >= 0.3 is 5.97 Å². The van der Waals surface area contributed by atoms with Crippen LogP contribution in [-0.4, -0.2) is 46.4 Å². The second kappa shape index (κ2) is 8.76. The Morgan fingerprint density at radius 3 is 2.09 bits per heavy atom. The molecular formula is C16H28N2O4. The molecule has 2 N–H and O–H groups in total. The number of carboxylic acid groups (broad SMARTS) is 1. The summed E-state index contributed by atoms with van der Waals surface area (Å²) in [5.74, 6) is -1.15. The lowest BCUT2D eigenvalue weighted by Gasteiger charge is -2.38. The molecule has 6 heteroatoms. The molecule has 1 aliphatic carbocycles. The average molecular weight is 312 g/mol. The Balaban J connectivity index is 2.32. The molecule has 1 aliphatic rings. The van der Waals surface area contributed by atoms with E-state index in [-0.39, 0.29) is 18.2 Å². The molecule has 0 spiro atoms. The van der Waals surface area contributed by atoms with E-state index in [0.717, 1.165) is 32.4 Å². The standard InChI is InChI=1S/C16H28N2O4/c1-3-11-18(12-4-2)14(20)8-5-7-13(19)17-16(15(21)22)9-6-10-16/h3-12H2,1-2H3,(H,17,19)(H,21,22). The Morgan fingerprint density at radius 1 is 1.09 bits per heavy atom. The second-order valence-corrected chi connectivity index (χ2v) is 6.02. The zero-order chi connectivity index (χ0) is 16.6. The number of hydrogen-bond donors (Lipinski definition) is 2. The smallest absolute Gasteiger partial charge is 0.329 e. The van der Waals surface area contributed by atoms with Gasteiger partial charge < -0.3 is 15.3 Å². The Bertz CT molecular complexity index is 399. The van der Waals surface area contributed by atoms with Crippen molar-refractivity contribution >= 4 is 17.8 Å². The summed E-state index contributed by atoms with van der Waals surface area (Å²) < 4.78 is 0. The topological polar surface area (TPSA) is 86.7 Å². The van der Waals surface area contributed by atoms with E-state index in [4.69, 9.17) is 5.11 Å². The molecule has 0 radical (unpaired) electrons. The minimum Gasteiger partial charge on any atom is -0.480 e. The highest BCUT2D eigenvalue weighted by molar-refractivity contribution is 5.88. The van der Waals surface area contributed by atoms with Crippen molar-refractivity contribution in [1.82, 2.24) is 10.2 Å². The SMILES string of the molecule is CCCN(CCC)C(=O)CCCC(=O)NC1(C(=O)O)CCC1. The van der Waals surface area contributed by atoms with Gasteiger partial charge in [0.1, 0.15) is 5.54 Å². The molecule has 0 unspecified atom stereocenters. The molecule has 6 nitrogen and oxygen atoms in total. The van der Waals surface area contributed by atoms with E-state index < -0.39 is 11.5 Å². The number of carbonyl (C=O) groups excluding carboxylic acids is 2. The summed E-state index contributed by atoms with van der Waals surface area (Å²) in [7, 11) is 0. The van der Waals surface area contributed by atoms with Crippen molar-refractivity contribution in [1.29, 1.82) is 0 Å². The molecule has 0 aromatic rings. The van der Waals surface area contributed by atoms with E-state index in [1.54, 1.807) is 0 Å². The highest BCUT2D eigenvalue weighted by Crippen LogP contribution is 2.32. The van der Waals surface area contributed by atoms with Crippen LogP contribution in [-0.2, 0) is 14.4 Å². The van der Waals surface area contributed by atoms with E-state index in [0.29, 0.717) is 25.7 Å². The highest BCUT2D eigenvalue weighted by atomic mass is 16.4. The maximum absolute atomic E-state index is 12.1. The van der Waals surface area contributed by atoms with Crippen molar-refractivity contribution in [2.24, 2.45) is 0 Å². The van der Waals surface area contributed by atoms with Crippen LogP contribution in [0.1, 0.15) is 65.2 Å². The zero-order valence-electron chi connectivity index (χ0n) is 13.7. The molecule has 1 rings (SSSR count). The van der Waals surface area contributed by atoms with E-state index in [1.165, 1.54) is 0 Å². The molecule has 0 aromatic carbocycles. The van der Waals surface area contributed by atoms with Gasteiger partial charge in [0, 0.05) is 25.9 Å². The third-order valence-corrected chi connectivity index (χ3v) is 4.13. The number of nitrogens with one attached hydrogen (secondary N) is 1. The van der Waals surface area contributed by atoms with Crippen LogP contribution in [0.2, 0.25) is 0 Å². The predicted molar refractivity (Wildman–Crippen MR) is 83.4 cm³/mol. The van der Waals surface area contributed by atoms with E-state index in [1.807, 2.05) is 18.7 Å². The number of rotatable bonds is 10. The molecule has 126 valence electrons. The third kappa shape index (κ3) is 5.00. The van der Waals surface area contributed by atoms with Gasteiger partial charge in [-0.2, -0.15) is 0 Å². The Morgan fingerprint density at radius 2 is 1.68 bits per heavy atom. The van der Waals surface area contributed by atoms with Gasteiger partial charge in [-0.05, 0) is 38.5 Å². The van der Waals surface area contributed by atoms with Crippen LogP contribution in [0.5, 0.6) is 0 Å². The summed E-state index contributed by atoms with van der Waals surface area (Å²) in [4.78, 5) is 36.9. The first-order chi connectivity index (χ1) is 10.4. The molecule has 0 aliphatic heterocycles. The van der Waals surface area contributed by atoms with E-state index in [9.17, 15) is 14.4 Å². The van der Waals surface area contributed by atoms with Crippen LogP contribution < -0.4 is 5.32 Å². The summed E-state index contributed by atoms with van der Waals surface area (Å²) in [5, 5.41) is 11.8. The maximum atomic E-state index is 12.1. The number of aliphatic carboxylic acids is 1. The predicted octanol–water partition coefficient (Wildman–Crippen LogP) is 1.93. The van der Waals surface area contributed by atoms with Crippen LogP contribution in [0, 0.1) is 0 Å². The van der Waals surface area contributed by atoms with Crippen LogP contribution in [0.15, 0.2) is 0 Å². The average Bonchev–Trinajstić information content (AvgIpc) is 2.42. The minimum absolute atomic E-state index is 0.0769. The van der Waals surface area contributed by atoms with Crippen molar-refractivity contribution in [3.05, 3.63) is 0 Å². The first kappa shape index (κ1) is 18.5. The summed E-state index contributed by atoms with van der Waals surface area (Å²) in [5.41, 5.74) is -1.06. The Hall–Kier alpha value is -1.59. The van der Waals surface area contributed by atoms with Gasteiger partial charge in [0.2, 0.25) is 11.8 Å². The molecule has 0 aromatic heterocycles. The van der Waals surface area contributed by atoms with Crippen LogP contribution in [0.25, 0.3) is 0 Å². The normalized spacial score (nSPS) is 15.7. The molecule has 0 heterocycles. The van der Waals surface area contributed by atoms with Gasteiger partial charge in [0.15, 0.2) is 0 Å². The fourth-order valence-electron chi connectivity index (χ4n) is 2.71. The molecule has 1 saturated carbocycles. The number of hydrogen-bond acceptors (Lipinski definition) is 3. The molecule has 2 amide bonds. The summed E-state index contributed by atoms with van der Waals surface area (Å²) >= 11 is 0. The molecule has 0 atom stereocenters. The molecule has 22 heavy (non-hydrogen) atoms. The monoisotopic (exact) mass is 312 g/mol. The third-order valence-electron chi connectivity index (χ3n) is 4.13. The molecular weight excluding hydrogens is 284 g/mol. The quantitative estimate of drug-likeness (QED) is 0.645. The van der Waals surface area contributed by atoms with Crippen LogP contribution >= 0.6 is 0 Å². The van der Waals surface area contributed by atoms with Crippen molar-refractivity contribution < 1.29 is 19.5 Å². The lowest BCUT2D eigenvalue weighted by atomic mass is 9.76. The van der Waals surface area contributed by atoms with Gasteiger partial charge in [-0.3, -0.25) is 9.59 Å². The highest BCUT2D eigenvalue weighted by Gasteiger charge is 2.45. The molecule has 1 fully saturated rings. The lowest BCUT2D eigenvalue weighted by Crippen LogP contribution is -2.59. The zero-order valence-corrected chi connectivity index (χ0v) is 13.7. The van der Waals surface area contributed by atoms with Gasteiger partial charge in [-0.25, -0.2) is 4.79 Å². The largest absolute Gasteiger partial charge is 0.480 e. The maximum Gasteiger partial charge on any atom is 0.329 e. The van der Waals surface area contributed by atoms with Crippen molar-refractivity contribution in [3.8, 4) is 0 Å². The number of nitrogens with zero attached hydrogens (tertiary/aromatic N) is 1. The van der Waals surface area contributed by atoms with E-state index in [2.05, 4.69) is 5.32 Å². The molecule has 0 bridgehead atoms. The molecule has 0 saturated heterocycles. The minimum atomic E-state index is -1.06. The fourth-order valence-corrected chi connectivity index (χ4v) is 2.71. The Kier molecular flexibility index (Phi) is 7.35. The number of carbonyl (C=O) groups is 3. The van der Waals surface area contributed by atoms with Crippen molar-refractivity contribution in [2.75, 3.05) is 13.1 Å². The van der Waals surface area contributed by atoms with Gasteiger partial charge in [0.25, 0.3) is 0 Å². The first-order valence-electron chi connectivity index (χ1n) is 8.27. The fraction of sp³-hybridized carbons (Fsp3) is 0.812. The second-order valence-electron chi connectivity index (χ2n) is 6.02. The van der Waals surface area contributed by atoms with Gasteiger partial charge in [-0.1, -0.05) is 13.8 Å². The summed E-state index contributed by atoms with van der Waals surface area (Å²) in [6.07, 6.45) is 4.67. The summed E-state index contributed by atoms with van der Waals surface area (Å²) in [6.45, 7) is 5.57. The van der Waals surface area contributed by atoms with Crippen LogP contribution in [0.3, 0.4) is 0 Å². The lowest BCUT2D eigenvalue weighted by molar-refractivity contribution is -0.151. The number of amides is 2. The van der Waals surface area contributed by atoms with Gasteiger partial charge in [-0.15, -0.1) is 0 Å². The first-order valence-corrected chi connectivity index (χ1v) is 8.27. The van der Waals surface area contributed by atoms with Crippen molar-refractivity contribution in [2.45, 2.75) is 70.8 Å². The Labute approximate surface area is 132 Å². The van der Waals surface area contributed by atoms with Crippen molar-refractivity contribution in [3.63, 3.8) is 0 Å². The number of carboxylic acids is 1. The van der Waals surface area contributed by atoms with E-state index >= 15 is 0 Å².